The van der Waals surface area contributed by atoms with Crippen LogP contribution in [0.15, 0.2) is 83.3 Å². The first-order chi connectivity index (χ1) is 14.6. The summed E-state index contributed by atoms with van der Waals surface area (Å²) in [6.07, 6.45) is 0. The molecule has 0 heterocycles. The predicted molar refractivity (Wildman–Crippen MR) is 123 cm³/mol. The molecular formula is C25H21BrFNO2. The summed E-state index contributed by atoms with van der Waals surface area (Å²) in [4.78, 5) is 0. The van der Waals surface area contributed by atoms with E-state index in [1.165, 1.54) is 22.9 Å². The number of hydrogen-bond donors (Lipinski definition) is 1. The van der Waals surface area contributed by atoms with Crippen LogP contribution in [0, 0.1) is 5.82 Å². The van der Waals surface area contributed by atoms with E-state index in [2.05, 4.69) is 45.5 Å². The van der Waals surface area contributed by atoms with Gasteiger partial charge in [0, 0.05) is 22.1 Å². The molecule has 4 rings (SSSR count). The Morgan fingerprint density at radius 3 is 2.47 bits per heavy atom. The van der Waals surface area contributed by atoms with Crippen LogP contribution in [0.1, 0.15) is 11.1 Å². The van der Waals surface area contributed by atoms with Gasteiger partial charge in [-0.05, 0) is 46.8 Å². The first-order valence-corrected chi connectivity index (χ1v) is 10.4. The molecule has 30 heavy (non-hydrogen) atoms. The second kappa shape index (κ2) is 9.18. The Balaban J connectivity index is 1.50. The number of fused-ring (bicyclic) bond motifs is 1. The van der Waals surface area contributed by atoms with Crippen LogP contribution in [0.25, 0.3) is 10.8 Å². The summed E-state index contributed by atoms with van der Waals surface area (Å²) in [6.45, 7) is 0.958. The molecule has 0 fully saturated rings. The van der Waals surface area contributed by atoms with Crippen molar-refractivity contribution in [3.63, 3.8) is 0 Å². The number of hydrogen-bond acceptors (Lipinski definition) is 3. The van der Waals surface area contributed by atoms with Crippen LogP contribution < -0.4 is 14.8 Å². The van der Waals surface area contributed by atoms with Crippen molar-refractivity contribution in [2.75, 3.05) is 12.4 Å². The lowest BCUT2D eigenvalue weighted by Gasteiger charge is -2.15. The minimum atomic E-state index is -0.262. The molecule has 3 nitrogen and oxygen atoms in total. The molecule has 0 aromatic heterocycles. The van der Waals surface area contributed by atoms with Crippen molar-refractivity contribution in [2.45, 2.75) is 13.2 Å². The first kappa shape index (κ1) is 20.2. The molecule has 0 amide bonds. The Hall–Kier alpha value is -3.05. The van der Waals surface area contributed by atoms with Gasteiger partial charge < -0.3 is 14.8 Å². The number of rotatable bonds is 7. The Morgan fingerprint density at radius 1 is 0.900 bits per heavy atom. The molecule has 0 saturated carbocycles. The highest BCUT2D eigenvalue weighted by atomic mass is 79.9. The van der Waals surface area contributed by atoms with Gasteiger partial charge in [0.1, 0.15) is 12.4 Å². The van der Waals surface area contributed by atoms with Crippen molar-refractivity contribution < 1.29 is 13.9 Å². The van der Waals surface area contributed by atoms with Crippen LogP contribution in [-0.2, 0) is 13.2 Å². The number of methoxy groups -OCH3 is 1. The molecule has 0 saturated heterocycles. The Kier molecular flexibility index (Phi) is 6.19. The van der Waals surface area contributed by atoms with Crippen LogP contribution in [0.4, 0.5) is 10.1 Å². The number of benzene rings is 4. The maximum atomic E-state index is 13.1. The molecule has 5 heteroatoms. The minimum Gasteiger partial charge on any atom is -0.493 e. The second-order valence-corrected chi connectivity index (χ2v) is 7.74. The molecule has 1 N–H and O–H groups in total. The average Bonchev–Trinajstić information content (AvgIpc) is 2.78. The Morgan fingerprint density at radius 2 is 1.67 bits per heavy atom. The molecule has 0 aliphatic heterocycles. The van der Waals surface area contributed by atoms with Gasteiger partial charge >= 0.3 is 0 Å². The van der Waals surface area contributed by atoms with Gasteiger partial charge in [0.2, 0.25) is 0 Å². The predicted octanol–water partition coefficient (Wildman–Crippen LogP) is 6.94. The van der Waals surface area contributed by atoms with Crippen LogP contribution in [-0.4, -0.2) is 7.11 Å². The first-order valence-electron chi connectivity index (χ1n) is 9.59. The fourth-order valence-electron chi connectivity index (χ4n) is 3.30. The lowest BCUT2D eigenvalue weighted by atomic mass is 10.1. The summed E-state index contributed by atoms with van der Waals surface area (Å²) in [7, 11) is 1.62. The standard InChI is InChI=1S/C25H21BrFNO2/c1-29-24-13-19(15-28-23-8-4-6-18-5-2-3-7-21(18)23)22(26)14-25(24)30-16-17-9-11-20(27)12-10-17/h2-14,28H,15-16H2,1H3. The van der Waals surface area contributed by atoms with E-state index in [-0.39, 0.29) is 5.82 Å². The average molecular weight is 466 g/mol. The third-order valence-electron chi connectivity index (χ3n) is 4.90. The van der Waals surface area contributed by atoms with Crippen LogP contribution in [0.5, 0.6) is 11.5 Å². The fourth-order valence-corrected chi connectivity index (χ4v) is 3.76. The molecule has 152 valence electrons. The molecule has 4 aromatic rings. The normalized spacial score (nSPS) is 10.8. The van der Waals surface area contributed by atoms with Gasteiger partial charge in [0.15, 0.2) is 11.5 Å². The van der Waals surface area contributed by atoms with E-state index in [1.54, 1.807) is 19.2 Å². The van der Waals surface area contributed by atoms with Gasteiger partial charge in [-0.15, -0.1) is 0 Å². The van der Waals surface area contributed by atoms with Gasteiger partial charge in [0.05, 0.1) is 7.11 Å². The molecular weight excluding hydrogens is 445 g/mol. The van der Waals surface area contributed by atoms with Crippen LogP contribution >= 0.6 is 15.9 Å². The summed E-state index contributed by atoms with van der Waals surface area (Å²) < 4.78 is 25.4. The summed E-state index contributed by atoms with van der Waals surface area (Å²) in [6, 6.07) is 24.7. The van der Waals surface area contributed by atoms with Crippen molar-refractivity contribution >= 4 is 32.4 Å². The zero-order chi connectivity index (χ0) is 20.9. The zero-order valence-electron chi connectivity index (χ0n) is 16.5. The highest BCUT2D eigenvalue weighted by Crippen LogP contribution is 2.35. The minimum absolute atomic E-state index is 0.262. The van der Waals surface area contributed by atoms with Gasteiger partial charge in [0.25, 0.3) is 0 Å². The third-order valence-corrected chi connectivity index (χ3v) is 5.64. The van der Waals surface area contributed by atoms with Gasteiger partial charge in [-0.3, -0.25) is 0 Å². The summed E-state index contributed by atoms with van der Waals surface area (Å²) in [5.41, 5.74) is 3.01. The fraction of sp³-hybridized carbons (Fsp3) is 0.120. The molecule has 0 unspecified atom stereocenters. The smallest absolute Gasteiger partial charge is 0.162 e. The van der Waals surface area contributed by atoms with Gasteiger partial charge in [-0.25, -0.2) is 4.39 Å². The summed E-state index contributed by atoms with van der Waals surface area (Å²) in [5, 5.41) is 5.90. The monoisotopic (exact) mass is 465 g/mol. The molecule has 0 radical (unpaired) electrons. The van der Waals surface area contributed by atoms with Crippen molar-refractivity contribution in [1.29, 1.82) is 0 Å². The van der Waals surface area contributed by atoms with Crippen LogP contribution in [0.3, 0.4) is 0 Å². The topological polar surface area (TPSA) is 30.5 Å². The maximum absolute atomic E-state index is 13.1. The van der Waals surface area contributed by atoms with E-state index in [4.69, 9.17) is 9.47 Å². The van der Waals surface area contributed by atoms with Gasteiger partial charge in [-0.1, -0.05) is 64.5 Å². The summed E-state index contributed by atoms with van der Waals surface area (Å²) in [5.74, 6) is 1.01. The number of nitrogens with one attached hydrogen (secondary N) is 1. The Labute approximate surface area is 183 Å². The molecule has 0 bridgehead atoms. The lowest BCUT2D eigenvalue weighted by Crippen LogP contribution is -2.03. The molecule has 4 aromatic carbocycles. The summed E-state index contributed by atoms with van der Waals surface area (Å²) >= 11 is 3.64. The third kappa shape index (κ3) is 4.57. The molecule has 0 spiro atoms. The highest BCUT2D eigenvalue weighted by molar-refractivity contribution is 9.10. The number of anilines is 1. The Bertz CT molecular complexity index is 1160. The van der Waals surface area contributed by atoms with E-state index >= 15 is 0 Å². The van der Waals surface area contributed by atoms with E-state index in [9.17, 15) is 4.39 Å². The molecule has 0 aliphatic carbocycles. The highest BCUT2D eigenvalue weighted by Gasteiger charge is 2.11. The van der Waals surface area contributed by atoms with Crippen molar-refractivity contribution in [2.24, 2.45) is 0 Å². The number of halogens is 2. The van der Waals surface area contributed by atoms with E-state index in [0.29, 0.717) is 24.7 Å². The molecule has 0 aliphatic rings. The largest absolute Gasteiger partial charge is 0.493 e. The van der Waals surface area contributed by atoms with Crippen molar-refractivity contribution in [1.82, 2.24) is 0 Å². The molecule has 0 atom stereocenters. The van der Waals surface area contributed by atoms with Crippen LogP contribution in [0.2, 0.25) is 0 Å². The van der Waals surface area contributed by atoms with E-state index in [0.717, 1.165) is 21.3 Å². The zero-order valence-corrected chi connectivity index (χ0v) is 18.1. The lowest BCUT2D eigenvalue weighted by molar-refractivity contribution is 0.284. The maximum Gasteiger partial charge on any atom is 0.162 e. The SMILES string of the molecule is COc1cc(CNc2cccc3ccccc23)c(Br)cc1OCc1ccc(F)cc1. The van der Waals surface area contributed by atoms with Crippen molar-refractivity contribution in [3.05, 3.63) is 100 Å². The van der Waals surface area contributed by atoms with Crippen molar-refractivity contribution in [3.8, 4) is 11.5 Å². The second-order valence-electron chi connectivity index (χ2n) is 6.89. The van der Waals surface area contributed by atoms with E-state index < -0.39 is 0 Å². The quantitative estimate of drug-likeness (QED) is 0.320. The van der Waals surface area contributed by atoms with Gasteiger partial charge in [-0.2, -0.15) is 0 Å². The van der Waals surface area contributed by atoms with E-state index in [1.807, 2.05) is 30.3 Å². The number of ether oxygens (including phenoxy) is 2.